The minimum atomic E-state index is -0.730. The Bertz CT molecular complexity index is 858. The predicted molar refractivity (Wildman–Crippen MR) is 91.2 cm³/mol. The van der Waals surface area contributed by atoms with Gasteiger partial charge >= 0.3 is 5.97 Å². The Balaban J connectivity index is 1.84. The molecule has 0 fully saturated rings. The molecule has 2 aromatic carbocycles. The molecule has 0 heterocycles. The number of carbonyl (C=O) groups excluding carboxylic acids is 2. The number of amides is 1. The number of hydrogen-bond donors (Lipinski definition) is 1. The van der Waals surface area contributed by atoms with Gasteiger partial charge in [0.1, 0.15) is 5.82 Å². The monoisotopic (exact) mass is 358 g/mol. The molecule has 2 aromatic rings. The van der Waals surface area contributed by atoms with Crippen LogP contribution in [0.15, 0.2) is 48.5 Å². The lowest BCUT2D eigenvalue weighted by atomic mass is 10.1. The molecule has 7 heteroatoms. The van der Waals surface area contributed by atoms with Crippen molar-refractivity contribution < 1.29 is 18.7 Å². The number of nitriles is 1. The Hall–Kier alpha value is -3.17. The maximum Gasteiger partial charge on any atom is 0.331 e. The van der Waals surface area contributed by atoms with E-state index >= 15 is 0 Å². The van der Waals surface area contributed by atoms with Crippen LogP contribution in [0.4, 0.5) is 10.1 Å². The molecule has 0 aromatic heterocycles. The van der Waals surface area contributed by atoms with E-state index in [1.807, 2.05) is 6.07 Å². The van der Waals surface area contributed by atoms with Crippen molar-refractivity contribution in [1.29, 1.82) is 5.26 Å². The minimum Gasteiger partial charge on any atom is -0.452 e. The van der Waals surface area contributed by atoms with Gasteiger partial charge in [0.05, 0.1) is 17.3 Å². The summed E-state index contributed by atoms with van der Waals surface area (Å²) in [4.78, 5) is 23.3. The summed E-state index contributed by atoms with van der Waals surface area (Å²) in [5.41, 5.74) is 1.10. The quantitative estimate of drug-likeness (QED) is 0.655. The molecule has 0 saturated carbocycles. The minimum absolute atomic E-state index is 0.0957. The lowest BCUT2D eigenvalue weighted by Gasteiger charge is -2.06. The van der Waals surface area contributed by atoms with Gasteiger partial charge < -0.3 is 10.1 Å². The summed E-state index contributed by atoms with van der Waals surface area (Å²) in [6.45, 7) is -0.567. The third kappa shape index (κ3) is 5.75. The molecule has 0 aliphatic carbocycles. The van der Waals surface area contributed by atoms with Gasteiger partial charge in [-0.05, 0) is 42.0 Å². The van der Waals surface area contributed by atoms with E-state index in [2.05, 4.69) is 5.32 Å². The standard InChI is InChI=1S/C18H12ClFN2O3/c19-14-6-7-15(20)16(9-14)22-17(23)11-25-18(24)8-5-12-1-3-13(10-21)4-2-12/h1-9H,11H2,(H,22,23)/b8-5+. The number of halogens is 2. The molecule has 5 nitrogen and oxygen atoms in total. The Labute approximate surface area is 148 Å². The van der Waals surface area contributed by atoms with Crippen molar-refractivity contribution in [2.75, 3.05) is 11.9 Å². The Morgan fingerprint density at radius 3 is 2.64 bits per heavy atom. The number of ether oxygens (including phenoxy) is 1. The van der Waals surface area contributed by atoms with E-state index in [9.17, 15) is 14.0 Å². The molecule has 0 bridgehead atoms. The van der Waals surface area contributed by atoms with Crippen molar-refractivity contribution in [1.82, 2.24) is 0 Å². The average Bonchev–Trinajstić information content (AvgIpc) is 2.61. The molecular weight excluding hydrogens is 347 g/mol. The first-order valence-corrected chi connectivity index (χ1v) is 7.45. The predicted octanol–water partition coefficient (Wildman–Crippen LogP) is 3.55. The number of nitrogens with one attached hydrogen (secondary N) is 1. The fourth-order valence-electron chi connectivity index (χ4n) is 1.80. The molecule has 0 aliphatic rings. The third-order valence-corrected chi connectivity index (χ3v) is 3.23. The number of anilines is 1. The van der Waals surface area contributed by atoms with Crippen molar-refractivity contribution in [3.8, 4) is 6.07 Å². The lowest BCUT2D eigenvalue weighted by molar-refractivity contribution is -0.142. The zero-order chi connectivity index (χ0) is 18.2. The fourth-order valence-corrected chi connectivity index (χ4v) is 1.97. The summed E-state index contributed by atoms with van der Waals surface area (Å²) < 4.78 is 18.2. The van der Waals surface area contributed by atoms with Gasteiger partial charge in [0.2, 0.25) is 0 Å². The molecule has 0 unspecified atom stereocenters. The van der Waals surface area contributed by atoms with Crippen LogP contribution in [-0.4, -0.2) is 18.5 Å². The van der Waals surface area contributed by atoms with E-state index in [-0.39, 0.29) is 10.7 Å². The summed E-state index contributed by atoms with van der Waals surface area (Å²) >= 11 is 5.72. The highest BCUT2D eigenvalue weighted by Gasteiger charge is 2.09. The molecule has 0 radical (unpaired) electrons. The summed E-state index contributed by atoms with van der Waals surface area (Å²) in [6, 6.07) is 12.2. The highest BCUT2D eigenvalue weighted by Crippen LogP contribution is 2.19. The van der Waals surface area contributed by atoms with Crippen molar-refractivity contribution in [2.24, 2.45) is 0 Å². The number of hydrogen-bond acceptors (Lipinski definition) is 4. The van der Waals surface area contributed by atoms with Crippen LogP contribution in [0.2, 0.25) is 5.02 Å². The fraction of sp³-hybridized carbons (Fsp3) is 0.0556. The van der Waals surface area contributed by atoms with Crippen LogP contribution in [-0.2, 0) is 14.3 Å². The summed E-state index contributed by atoms with van der Waals surface area (Å²) in [7, 11) is 0. The van der Waals surface area contributed by atoms with E-state index in [4.69, 9.17) is 21.6 Å². The van der Waals surface area contributed by atoms with Gasteiger partial charge in [-0.2, -0.15) is 5.26 Å². The maximum absolute atomic E-state index is 13.5. The third-order valence-electron chi connectivity index (χ3n) is 3.00. The molecule has 2 rings (SSSR count). The Kier molecular flexibility index (Phi) is 6.26. The largest absolute Gasteiger partial charge is 0.452 e. The SMILES string of the molecule is N#Cc1ccc(/C=C/C(=O)OCC(=O)Nc2cc(Cl)ccc2F)cc1. The summed E-state index contributed by atoms with van der Waals surface area (Å²) in [6.07, 6.45) is 2.63. The second-order valence-corrected chi connectivity index (χ2v) is 5.28. The number of benzene rings is 2. The smallest absolute Gasteiger partial charge is 0.331 e. The highest BCUT2D eigenvalue weighted by molar-refractivity contribution is 6.30. The summed E-state index contributed by atoms with van der Waals surface area (Å²) in [5, 5.41) is 11.2. The molecule has 1 amide bonds. The van der Waals surface area contributed by atoms with E-state index in [1.165, 1.54) is 18.2 Å². The normalized spacial score (nSPS) is 10.3. The number of nitrogens with zero attached hydrogens (tertiary/aromatic N) is 1. The first kappa shape index (κ1) is 18.2. The second-order valence-electron chi connectivity index (χ2n) is 4.85. The molecule has 0 atom stereocenters. The van der Waals surface area contributed by atoms with Gasteiger partial charge in [-0.15, -0.1) is 0 Å². The maximum atomic E-state index is 13.5. The number of carbonyl (C=O) groups is 2. The average molecular weight is 359 g/mol. The molecule has 25 heavy (non-hydrogen) atoms. The van der Waals surface area contributed by atoms with E-state index in [0.29, 0.717) is 11.1 Å². The zero-order valence-corrected chi connectivity index (χ0v) is 13.6. The van der Waals surface area contributed by atoms with E-state index in [1.54, 1.807) is 24.3 Å². The highest BCUT2D eigenvalue weighted by atomic mass is 35.5. The van der Waals surface area contributed by atoms with Crippen LogP contribution < -0.4 is 5.32 Å². The van der Waals surface area contributed by atoms with Crippen LogP contribution >= 0.6 is 11.6 Å². The van der Waals surface area contributed by atoms with Crippen molar-refractivity contribution >= 4 is 35.2 Å². The van der Waals surface area contributed by atoms with Crippen LogP contribution in [0.25, 0.3) is 6.08 Å². The van der Waals surface area contributed by atoms with Crippen LogP contribution in [0.5, 0.6) is 0 Å². The van der Waals surface area contributed by atoms with Crippen LogP contribution in [0.3, 0.4) is 0 Å². The second kappa shape index (κ2) is 8.62. The number of rotatable bonds is 5. The first-order valence-electron chi connectivity index (χ1n) is 7.08. The summed E-state index contributed by atoms with van der Waals surface area (Å²) in [5.74, 6) is -2.07. The molecule has 0 spiro atoms. The Morgan fingerprint density at radius 2 is 1.96 bits per heavy atom. The van der Waals surface area contributed by atoms with Gasteiger partial charge in [-0.1, -0.05) is 23.7 Å². The van der Waals surface area contributed by atoms with Gasteiger partial charge in [0, 0.05) is 11.1 Å². The van der Waals surface area contributed by atoms with E-state index < -0.39 is 24.3 Å². The van der Waals surface area contributed by atoms with Crippen molar-refractivity contribution in [3.05, 3.63) is 70.5 Å². The molecule has 0 aliphatic heterocycles. The Morgan fingerprint density at radius 1 is 1.24 bits per heavy atom. The van der Waals surface area contributed by atoms with Crippen LogP contribution in [0, 0.1) is 17.1 Å². The van der Waals surface area contributed by atoms with Gasteiger partial charge in [0.25, 0.3) is 5.91 Å². The van der Waals surface area contributed by atoms with Crippen molar-refractivity contribution in [3.63, 3.8) is 0 Å². The topological polar surface area (TPSA) is 79.2 Å². The first-order chi connectivity index (χ1) is 12.0. The molecule has 1 N–H and O–H groups in total. The van der Waals surface area contributed by atoms with Gasteiger partial charge in [0.15, 0.2) is 6.61 Å². The van der Waals surface area contributed by atoms with Gasteiger partial charge in [-0.3, -0.25) is 4.79 Å². The van der Waals surface area contributed by atoms with Crippen LogP contribution in [0.1, 0.15) is 11.1 Å². The molecule has 126 valence electrons. The zero-order valence-electron chi connectivity index (χ0n) is 12.8. The van der Waals surface area contributed by atoms with Crippen molar-refractivity contribution in [2.45, 2.75) is 0 Å². The molecular formula is C18H12ClFN2O3. The molecule has 0 saturated heterocycles. The van der Waals surface area contributed by atoms with E-state index in [0.717, 1.165) is 12.1 Å². The number of esters is 1. The lowest BCUT2D eigenvalue weighted by Crippen LogP contribution is -2.20. The van der Waals surface area contributed by atoms with Gasteiger partial charge in [-0.25, -0.2) is 9.18 Å².